The maximum absolute atomic E-state index is 2.37. The molecule has 0 aliphatic heterocycles. The van der Waals surface area contributed by atoms with E-state index in [-0.39, 0.29) is 0 Å². The van der Waals surface area contributed by atoms with Gasteiger partial charge < -0.3 is 4.57 Å². The fourth-order valence-electron chi connectivity index (χ4n) is 1.80. The molecule has 0 aliphatic rings. The van der Waals surface area contributed by atoms with Gasteiger partial charge in [0.2, 0.25) is 0 Å². The summed E-state index contributed by atoms with van der Waals surface area (Å²) in [4.78, 5) is 2.93. The number of thiophene rings is 1. The fraction of sp³-hybridized carbons (Fsp3) is 0.385. The number of hydrogen-bond acceptors (Lipinski definition) is 1. The van der Waals surface area contributed by atoms with Gasteiger partial charge in [-0.05, 0) is 44.5 Å². The van der Waals surface area contributed by atoms with E-state index in [9.17, 15) is 0 Å². The standard InChI is InChI=1S/C13H17NS/c1-4-12-7-8-13(15-12)9-14-10(2)5-6-11(14)3/h5-8H,4,9H2,1-3H3. The molecule has 0 atom stereocenters. The molecule has 2 heterocycles. The van der Waals surface area contributed by atoms with Crippen LogP contribution >= 0.6 is 11.3 Å². The highest BCUT2D eigenvalue weighted by Crippen LogP contribution is 2.19. The molecule has 0 amide bonds. The summed E-state index contributed by atoms with van der Waals surface area (Å²) in [5, 5.41) is 0. The van der Waals surface area contributed by atoms with Crippen LogP contribution in [0.15, 0.2) is 24.3 Å². The third kappa shape index (κ3) is 2.15. The van der Waals surface area contributed by atoms with Crippen molar-refractivity contribution in [3.8, 4) is 0 Å². The number of aromatic nitrogens is 1. The molecule has 0 aliphatic carbocycles. The van der Waals surface area contributed by atoms with Gasteiger partial charge in [-0.1, -0.05) is 6.92 Å². The van der Waals surface area contributed by atoms with Gasteiger partial charge in [0.05, 0.1) is 6.54 Å². The van der Waals surface area contributed by atoms with Crippen LogP contribution < -0.4 is 0 Å². The fourth-order valence-corrected chi connectivity index (χ4v) is 2.75. The smallest absolute Gasteiger partial charge is 0.0568 e. The lowest BCUT2D eigenvalue weighted by atomic mass is 10.3. The first-order valence-electron chi connectivity index (χ1n) is 5.41. The largest absolute Gasteiger partial charge is 0.344 e. The summed E-state index contributed by atoms with van der Waals surface area (Å²) in [6.45, 7) is 7.57. The highest BCUT2D eigenvalue weighted by atomic mass is 32.1. The molecule has 2 rings (SSSR count). The third-order valence-corrected chi connectivity index (χ3v) is 4.01. The molecule has 0 radical (unpaired) electrons. The van der Waals surface area contributed by atoms with Crippen LogP contribution in [0.1, 0.15) is 28.1 Å². The van der Waals surface area contributed by atoms with Gasteiger partial charge in [-0.3, -0.25) is 0 Å². The van der Waals surface area contributed by atoms with Crippen LogP contribution in [0.4, 0.5) is 0 Å². The Morgan fingerprint density at radius 1 is 1.00 bits per heavy atom. The van der Waals surface area contributed by atoms with Crippen LogP contribution in [-0.2, 0) is 13.0 Å². The molecule has 0 aromatic carbocycles. The Hall–Kier alpha value is -1.02. The monoisotopic (exact) mass is 219 g/mol. The van der Waals surface area contributed by atoms with E-state index >= 15 is 0 Å². The van der Waals surface area contributed by atoms with Crippen LogP contribution in [0.25, 0.3) is 0 Å². The summed E-state index contributed by atoms with van der Waals surface area (Å²) in [5.41, 5.74) is 2.69. The molecular formula is C13H17NS. The van der Waals surface area contributed by atoms with Gasteiger partial charge in [-0.25, -0.2) is 0 Å². The lowest BCUT2D eigenvalue weighted by molar-refractivity contribution is 0.759. The molecule has 1 nitrogen and oxygen atoms in total. The molecule has 0 N–H and O–H groups in total. The summed E-state index contributed by atoms with van der Waals surface area (Å²) >= 11 is 1.93. The second-order valence-corrected chi connectivity index (χ2v) is 5.18. The van der Waals surface area contributed by atoms with Crippen molar-refractivity contribution in [2.75, 3.05) is 0 Å². The summed E-state index contributed by atoms with van der Waals surface area (Å²) in [6, 6.07) is 8.86. The summed E-state index contributed by atoms with van der Waals surface area (Å²) in [7, 11) is 0. The van der Waals surface area contributed by atoms with E-state index in [1.165, 1.54) is 21.1 Å². The SMILES string of the molecule is CCc1ccc(Cn2c(C)ccc2C)s1. The highest BCUT2D eigenvalue weighted by molar-refractivity contribution is 7.11. The summed E-state index contributed by atoms with van der Waals surface area (Å²) in [5.74, 6) is 0. The first kappa shape index (κ1) is 10.5. The lowest BCUT2D eigenvalue weighted by Gasteiger charge is -2.06. The van der Waals surface area contributed by atoms with E-state index in [1.807, 2.05) is 11.3 Å². The maximum atomic E-state index is 2.37. The normalized spacial score (nSPS) is 10.9. The number of rotatable bonds is 3. The van der Waals surface area contributed by atoms with E-state index in [2.05, 4.69) is 49.6 Å². The van der Waals surface area contributed by atoms with Gasteiger partial charge in [0.1, 0.15) is 0 Å². The Balaban J connectivity index is 2.21. The number of nitrogens with zero attached hydrogens (tertiary/aromatic N) is 1. The Morgan fingerprint density at radius 3 is 2.13 bits per heavy atom. The topological polar surface area (TPSA) is 4.93 Å². The number of aryl methyl sites for hydroxylation is 3. The van der Waals surface area contributed by atoms with Crippen molar-refractivity contribution < 1.29 is 0 Å². The average Bonchev–Trinajstić information content (AvgIpc) is 2.80. The Kier molecular flexibility index (Phi) is 2.96. The second kappa shape index (κ2) is 4.23. The van der Waals surface area contributed by atoms with Crippen molar-refractivity contribution in [2.45, 2.75) is 33.7 Å². The molecule has 15 heavy (non-hydrogen) atoms. The molecule has 0 unspecified atom stereocenters. The Bertz CT molecular complexity index is 431. The average molecular weight is 219 g/mol. The van der Waals surface area contributed by atoms with Crippen LogP contribution in [0.5, 0.6) is 0 Å². The molecule has 0 saturated carbocycles. The van der Waals surface area contributed by atoms with E-state index in [1.54, 1.807) is 0 Å². The zero-order chi connectivity index (χ0) is 10.8. The minimum atomic E-state index is 1.02. The molecule has 80 valence electrons. The molecule has 2 heteroatoms. The Labute approximate surface area is 95.4 Å². The van der Waals surface area contributed by atoms with Gasteiger partial charge in [0, 0.05) is 21.1 Å². The van der Waals surface area contributed by atoms with Gasteiger partial charge in [0.25, 0.3) is 0 Å². The first-order valence-corrected chi connectivity index (χ1v) is 6.22. The molecule has 0 bridgehead atoms. The van der Waals surface area contributed by atoms with Crippen LogP contribution in [0.2, 0.25) is 0 Å². The van der Waals surface area contributed by atoms with E-state index in [0.29, 0.717) is 0 Å². The van der Waals surface area contributed by atoms with Crippen LogP contribution in [0, 0.1) is 13.8 Å². The summed E-state index contributed by atoms with van der Waals surface area (Å²) < 4.78 is 2.37. The van der Waals surface area contributed by atoms with Crippen molar-refractivity contribution in [1.29, 1.82) is 0 Å². The second-order valence-electron chi connectivity index (χ2n) is 3.92. The molecule has 2 aromatic rings. The van der Waals surface area contributed by atoms with Crippen molar-refractivity contribution in [3.63, 3.8) is 0 Å². The van der Waals surface area contributed by atoms with Crippen LogP contribution in [-0.4, -0.2) is 4.57 Å². The van der Waals surface area contributed by atoms with E-state index < -0.39 is 0 Å². The molecule has 0 saturated heterocycles. The Morgan fingerprint density at radius 2 is 1.60 bits per heavy atom. The molecule has 0 fully saturated rings. The summed E-state index contributed by atoms with van der Waals surface area (Å²) in [6.07, 6.45) is 1.15. The highest BCUT2D eigenvalue weighted by Gasteiger charge is 2.04. The number of hydrogen-bond donors (Lipinski definition) is 0. The van der Waals surface area contributed by atoms with E-state index in [4.69, 9.17) is 0 Å². The zero-order valence-corrected chi connectivity index (χ0v) is 10.4. The van der Waals surface area contributed by atoms with Crippen molar-refractivity contribution in [3.05, 3.63) is 45.4 Å². The van der Waals surface area contributed by atoms with Crippen molar-refractivity contribution in [1.82, 2.24) is 4.57 Å². The zero-order valence-electron chi connectivity index (χ0n) is 9.58. The quantitative estimate of drug-likeness (QED) is 0.740. The van der Waals surface area contributed by atoms with Crippen molar-refractivity contribution in [2.24, 2.45) is 0 Å². The maximum Gasteiger partial charge on any atom is 0.0568 e. The van der Waals surface area contributed by atoms with Crippen LogP contribution in [0.3, 0.4) is 0 Å². The predicted octanol–water partition coefficient (Wildman–Crippen LogP) is 3.78. The lowest BCUT2D eigenvalue weighted by Crippen LogP contribution is -2.01. The van der Waals surface area contributed by atoms with E-state index in [0.717, 1.165) is 13.0 Å². The first-order chi connectivity index (χ1) is 7.20. The molecule has 0 spiro atoms. The van der Waals surface area contributed by atoms with Crippen molar-refractivity contribution >= 4 is 11.3 Å². The molecule has 2 aromatic heterocycles. The van der Waals surface area contributed by atoms with Gasteiger partial charge in [-0.2, -0.15) is 0 Å². The minimum absolute atomic E-state index is 1.02. The molecular weight excluding hydrogens is 202 g/mol. The third-order valence-electron chi connectivity index (χ3n) is 2.80. The van der Waals surface area contributed by atoms with Gasteiger partial charge in [-0.15, -0.1) is 11.3 Å². The minimum Gasteiger partial charge on any atom is -0.344 e. The predicted molar refractivity (Wildman–Crippen MR) is 66.7 cm³/mol. The van der Waals surface area contributed by atoms with Gasteiger partial charge in [0.15, 0.2) is 0 Å². The van der Waals surface area contributed by atoms with Gasteiger partial charge >= 0.3 is 0 Å².